The van der Waals surface area contributed by atoms with Crippen molar-refractivity contribution in [3.8, 4) is 11.8 Å². The number of nitriles is 1. The van der Waals surface area contributed by atoms with E-state index in [0.717, 1.165) is 4.90 Å². The van der Waals surface area contributed by atoms with E-state index >= 15 is 0 Å². The number of nitrogens with one attached hydrogen (secondary N) is 1. The molecule has 26 heavy (non-hydrogen) atoms. The number of hydrogen-bond donors (Lipinski definition) is 2. The van der Waals surface area contributed by atoms with Gasteiger partial charge in [-0.2, -0.15) is 16.6 Å². The molecule has 0 radical (unpaired) electrons. The molecule has 3 amide bonds. The van der Waals surface area contributed by atoms with E-state index in [1.54, 1.807) is 37.3 Å². The number of aliphatic hydroxyl groups excluding tert-OH is 1. The highest BCUT2D eigenvalue weighted by molar-refractivity contribution is 7.08. The Morgan fingerprint density at radius 2 is 2.08 bits per heavy atom. The van der Waals surface area contributed by atoms with Crippen molar-refractivity contribution in [2.24, 2.45) is 0 Å². The summed E-state index contributed by atoms with van der Waals surface area (Å²) in [5.41, 5.74) is 0.0988. The van der Waals surface area contributed by atoms with Crippen LogP contribution < -0.4 is 10.1 Å². The third kappa shape index (κ3) is 3.40. The lowest BCUT2D eigenvalue weighted by Gasteiger charge is -2.22. The molecule has 2 aromatic rings. The van der Waals surface area contributed by atoms with E-state index in [1.165, 1.54) is 11.3 Å². The van der Waals surface area contributed by atoms with Crippen LogP contribution in [0.1, 0.15) is 18.1 Å². The van der Waals surface area contributed by atoms with E-state index in [0.29, 0.717) is 16.9 Å². The largest absolute Gasteiger partial charge is 0.491 e. The molecule has 1 fully saturated rings. The maximum atomic E-state index is 12.7. The lowest BCUT2D eigenvalue weighted by atomic mass is 9.95. The molecule has 1 aliphatic rings. The first-order valence-electron chi connectivity index (χ1n) is 7.92. The minimum atomic E-state index is -1.12. The van der Waals surface area contributed by atoms with Crippen LogP contribution in [-0.2, 0) is 10.3 Å². The molecule has 3 rings (SSSR count). The summed E-state index contributed by atoms with van der Waals surface area (Å²) in [5.74, 6) is 0.0849. The Labute approximate surface area is 154 Å². The third-order valence-corrected chi connectivity index (χ3v) is 4.88. The van der Waals surface area contributed by atoms with Crippen LogP contribution in [0.4, 0.5) is 4.79 Å². The molecule has 2 atom stereocenters. The molecule has 2 N–H and O–H groups in total. The van der Waals surface area contributed by atoms with E-state index in [1.807, 2.05) is 16.8 Å². The minimum absolute atomic E-state index is 0.0852. The van der Waals surface area contributed by atoms with Crippen molar-refractivity contribution in [3.63, 3.8) is 0 Å². The number of carbonyl (C=O) groups is 2. The van der Waals surface area contributed by atoms with Crippen LogP contribution in [0.15, 0.2) is 41.1 Å². The Kier molecular flexibility index (Phi) is 4.93. The van der Waals surface area contributed by atoms with Gasteiger partial charge in [0.1, 0.15) is 24.0 Å². The molecule has 1 aromatic carbocycles. The molecule has 1 saturated heterocycles. The number of nitrogens with zero attached hydrogens (tertiary/aromatic N) is 2. The number of benzene rings is 1. The Balaban J connectivity index is 1.60. The number of rotatable bonds is 6. The Bertz CT molecular complexity index is 844. The topological polar surface area (TPSA) is 103 Å². The van der Waals surface area contributed by atoms with Crippen LogP contribution >= 0.6 is 11.3 Å². The van der Waals surface area contributed by atoms with Gasteiger partial charge < -0.3 is 15.2 Å². The highest BCUT2D eigenvalue weighted by atomic mass is 32.1. The van der Waals surface area contributed by atoms with Gasteiger partial charge in [0.25, 0.3) is 5.91 Å². The number of carbonyl (C=O) groups excluding carboxylic acids is 2. The maximum absolute atomic E-state index is 12.7. The van der Waals surface area contributed by atoms with Crippen molar-refractivity contribution >= 4 is 23.3 Å². The quantitative estimate of drug-likeness (QED) is 0.754. The second-order valence-corrected chi connectivity index (χ2v) is 6.86. The highest BCUT2D eigenvalue weighted by Crippen LogP contribution is 2.30. The molecular weight excluding hydrogens is 354 g/mol. The van der Waals surface area contributed by atoms with E-state index < -0.39 is 23.6 Å². The summed E-state index contributed by atoms with van der Waals surface area (Å²) in [4.78, 5) is 25.9. The summed E-state index contributed by atoms with van der Waals surface area (Å²) in [7, 11) is 0. The molecular formula is C18H17N3O4S. The fourth-order valence-electron chi connectivity index (χ4n) is 2.69. The number of imide groups is 1. The lowest BCUT2D eigenvalue weighted by molar-refractivity contribution is -0.132. The van der Waals surface area contributed by atoms with Gasteiger partial charge in [0.2, 0.25) is 0 Å². The molecule has 8 heteroatoms. The van der Waals surface area contributed by atoms with Gasteiger partial charge in [0.15, 0.2) is 0 Å². The normalized spacial score (nSPS) is 20.6. The van der Waals surface area contributed by atoms with Crippen LogP contribution in [0.2, 0.25) is 0 Å². The molecule has 0 bridgehead atoms. The summed E-state index contributed by atoms with van der Waals surface area (Å²) in [6.45, 7) is 1.40. The van der Waals surface area contributed by atoms with Crippen molar-refractivity contribution in [1.82, 2.24) is 10.2 Å². The third-order valence-electron chi connectivity index (χ3n) is 4.19. The summed E-state index contributed by atoms with van der Waals surface area (Å²) in [6.07, 6.45) is -1.04. The standard InChI is InChI=1S/C18H17N3O4S/c1-18(13-6-7-26-11-13)16(23)21(17(24)20-18)9-14(22)10-25-15-4-2-12(8-19)3-5-15/h2-7,11,14,22H,9-10H2,1H3,(H,20,24)/t14-,18-/m0/s1. The zero-order valence-corrected chi connectivity index (χ0v) is 14.8. The van der Waals surface area contributed by atoms with Gasteiger partial charge in [-0.15, -0.1) is 0 Å². The fourth-order valence-corrected chi connectivity index (χ4v) is 3.45. The van der Waals surface area contributed by atoms with Crippen molar-refractivity contribution < 1.29 is 19.4 Å². The summed E-state index contributed by atoms with van der Waals surface area (Å²) in [5, 5.41) is 25.3. The lowest BCUT2D eigenvalue weighted by Crippen LogP contribution is -2.42. The van der Waals surface area contributed by atoms with Crippen molar-refractivity contribution in [3.05, 3.63) is 52.2 Å². The first-order chi connectivity index (χ1) is 12.4. The average molecular weight is 371 g/mol. The summed E-state index contributed by atoms with van der Waals surface area (Å²) >= 11 is 1.44. The second-order valence-electron chi connectivity index (χ2n) is 6.08. The molecule has 0 spiro atoms. The number of ether oxygens (including phenoxy) is 1. The molecule has 0 saturated carbocycles. The predicted octanol–water partition coefficient (Wildman–Crippen LogP) is 1.83. The number of amides is 3. The van der Waals surface area contributed by atoms with Crippen molar-refractivity contribution in [2.75, 3.05) is 13.2 Å². The van der Waals surface area contributed by atoms with Gasteiger partial charge >= 0.3 is 6.03 Å². The molecule has 134 valence electrons. The van der Waals surface area contributed by atoms with Gasteiger partial charge in [-0.3, -0.25) is 9.69 Å². The van der Waals surface area contributed by atoms with Crippen LogP contribution in [-0.4, -0.2) is 41.2 Å². The van der Waals surface area contributed by atoms with E-state index in [4.69, 9.17) is 10.00 Å². The van der Waals surface area contributed by atoms with Crippen LogP contribution in [0.5, 0.6) is 5.75 Å². The van der Waals surface area contributed by atoms with Crippen LogP contribution in [0.3, 0.4) is 0 Å². The van der Waals surface area contributed by atoms with Gasteiger partial charge in [-0.05, 0) is 53.6 Å². The van der Waals surface area contributed by atoms with Crippen LogP contribution in [0, 0.1) is 11.3 Å². The number of β-amino-alcohol motifs (C(OH)–C–C–N with tert-alkyl or cyclic N) is 1. The molecule has 0 aliphatic carbocycles. The molecule has 2 heterocycles. The minimum Gasteiger partial charge on any atom is -0.491 e. The predicted molar refractivity (Wildman–Crippen MR) is 94.6 cm³/mol. The monoisotopic (exact) mass is 371 g/mol. The number of thiophene rings is 1. The molecule has 1 aliphatic heterocycles. The highest BCUT2D eigenvalue weighted by Gasteiger charge is 2.49. The van der Waals surface area contributed by atoms with E-state index in [9.17, 15) is 14.7 Å². The van der Waals surface area contributed by atoms with Gasteiger partial charge in [-0.1, -0.05) is 0 Å². The first-order valence-corrected chi connectivity index (χ1v) is 8.86. The zero-order chi connectivity index (χ0) is 18.7. The first kappa shape index (κ1) is 17.9. The van der Waals surface area contributed by atoms with E-state index in [-0.39, 0.29) is 13.2 Å². The molecule has 0 unspecified atom stereocenters. The number of urea groups is 1. The second kappa shape index (κ2) is 7.15. The van der Waals surface area contributed by atoms with Gasteiger partial charge in [0, 0.05) is 0 Å². The number of hydrogen-bond acceptors (Lipinski definition) is 6. The summed E-state index contributed by atoms with van der Waals surface area (Å²) < 4.78 is 5.44. The van der Waals surface area contributed by atoms with Crippen LogP contribution in [0.25, 0.3) is 0 Å². The Morgan fingerprint density at radius 3 is 2.69 bits per heavy atom. The summed E-state index contributed by atoms with van der Waals surface area (Å²) in [6, 6.07) is 9.69. The average Bonchev–Trinajstić information content (AvgIpc) is 3.25. The Hall–Kier alpha value is -2.89. The van der Waals surface area contributed by atoms with Crippen molar-refractivity contribution in [2.45, 2.75) is 18.6 Å². The van der Waals surface area contributed by atoms with Gasteiger partial charge in [-0.25, -0.2) is 4.79 Å². The maximum Gasteiger partial charge on any atom is 0.325 e. The SMILES string of the molecule is C[C@@]1(c2ccsc2)NC(=O)N(C[C@H](O)COc2ccc(C#N)cc2)C1=O. The Morgan fingerprint density at radius 1 is 1.35 bits per heavy atom. The molecule has 7 nitrogen and oxygen atoms in total. The van der Waals surface area contributed by atoms with E-state index in [2.05, 4.69) is 5.32 Å². The molecule has 1 aromatic heterocycles. The van der Waals surface area contributed by atoms with Gasteiger partial charge in [0.05, 0.1) is 18.2 Å². The zero-order valence-electron chi connectivity index (χ0n) is 14.0. The smallest absolute Gasteiger partial charge is 0.325 e. The van der Waals surface area contributed by atoms with Crippen molar-refractivity contribution in [1.29, 1.82) is 5.26 Å². The number of aliphatic hydroxyl groups is 1. The fraction of sp³-hybridized carbons (Fsp3) is 0.278.